The molecule has 0 spiro atoms. The number of hydrogen-bond donors (Lipinski definition) is 2. The Morgan fingerprint density at radius 1 is 1.35 bits per heavy atom. The fourth-order valence-electron chi connectivity index (χ4n) is 2.76. The number of nitrogens with two attached hydrogens (primary N) is 1. The van der Waals surface area contributed by atoms with E-state index < -0.39 is 5.54 Å². The van der Waals surface area contributed by atoms with Crippen LogP contribution in [0.15, 0.2) is 0 Å². The molecule has 6 nitrogen and oxygen atoms in total. The first kappa shape index (κ1) is 15.7. The molecule has 0 aliphatic carbocycles. The number of hydrogen-bond acceptors (Lipinski definition) is 5. The molecule has 2 aliphatic rings. The summed E-state index contributed by atoms with van der Waals surface area (Å²) in [5, 5.41) is 3.01. The van der Waals surface area contributed by atoms with E-state index in [9.17, 15) is 4.79 Å². The summed E-state index contributed by atoms with van der Waals surface area (Å²) in [5.41, 5.74) is 5.19. The van der Waals surface area contributed by atoms with E-state index in [2.05, 4.69) is 36.0 Å². The summed E-state index contributed by atoms with van der Waals surface area (Å²) in [6.07, 6.45) is 0.605. The Balaban J connectivity index is 1.84. The molecular weight excluding hydrogens is 256 g/mol. The average Bonchev–Trinajstić information content (AvgIpc) is 2.85. The maximum Gasteiger partial charge on any atom is 0.242 e. The van der Waals surface area contributed by atoms with E-state index in [-0.39, 0.29) is 11.4 Å². The maximum absolute atomic E-state index is 12.2. The first-order valence-electron chi connectivity index (χ1n) is 7.42. The zero-order chi connectivity index (χ0) is 14.8. The third-order valence-corrected chi connectivity index (χ3v) is 4.55. The highest BCUT2D eigenvalue weighted by molar-refractivity contribution is 5.86. The van der Waals surface area contributed by atoms with E-state index >= 15 is 0 Å². The highest BCUT2D eigenvalue weighted by Crippen LogP contribution is 2.18. The highest BCUT2D eigenvalue weighted by atomic mass is 16.5. The van der Waals surface area contributed by atoms with Crippen LogP contribution in [-0.4, -0.2) is 79.8 Å². The lowest BCUT2D eigenvalue weighted by Crippen LogP contribution is -2.61. The van der Waals surface area contributed by atoms with Gasteiger partial charge in [-0.15, -0.1) is 0 Å². The molecule has 0 aromatic carbocycles. The average molecular weight is 284 g/mol. The van der Waals surface area contributed by atoms with Gasteiger partial charge in [0.15, 0.2) is 0 Å². The molecule has 116 valence electrons. The molecule has 1 atom stereocenters. The largest absolute Gasteiger partial charge is 0.379 e. The number of nitrogens with one attached hydrogen (secondary N) is 1. The van der Waals surface area contributed by atoms with Gasteiger partial charge >= 0.3 is 0 Å². The molecule has 2 rings (SSSR count). The summed E-state index contributed by atoms with van der Waals surface area (Å²) >= 11 is 0. The van der Waals surface area contributed by atoms with Gasteiger partial charge in [0, 0.05) is 44.9 Å². The standard InChI is InChI=1S/C14H28N4O2/c1-13(2,18-7-5-17(3)6-8-18)10-16-12(19)14(15)4-9-20-11-14/h4-11,15H2,1-3H3,(H,16,19). The Bertz CT molecular complexity index is 345. The summed E-state index contributed by atoms with van der Waals surface area (Å²) < 4.78 is 5.24. The second kappa shape index (κ2) is 5.97. The van der Waals surface area contributed by atoms with Crippen molar-refractivity contribution in [1.29, 1.82) is 0 Å². The first-order valence-corrected chi connectivity index (χ1v) is 7.42. The molecule has 0 aromatic rings. The minimum absolute atomic E-state index is 0.0489. The van der Waals surface area contributed by atoms with Gasteiger partial charge in [0.2, 0.25) is 5.91 Å². The van der Waals surface area contributed by atoms with Gasteiger partial charge in [0.05, 0.1) is 6.61 Å². The second-order valence-electron chi connectivity index (χ2n) is 6.74. The number of ether oxygens (including phenoxy) is 1. The van der Waals surface area contributed by atoms with Gasteiger partial charge in [0.1, 0.15) is 5.54 Å². The number of carbonyl (C=O) groups excluding carboxylic acids is 1. The molecule has 2 aliphatic heterocycles. The van der Waals surface area contributed by atoms with E-state index in [1.807, 2.05) is 0 Å². The summed E-state index contributed by atoms with van der Waals surface area (Å²) in [6.45, 7) is 10.1. The normalized spacial score (nSPS) is 29.6. The lowest BCUT2D eigenvalue weighted by atomic mass is 9.97. The van der Waals surface area contributed by atoms with Gasteiger partial charge < -0.3 is 20.7 Å². The molecule has 1 unspecified atom stereocenters. The van der Waals surface area contributed by atoms with Crippen LogP contribution in [0.25, 0.3) is 0 Å². The van der Waals surface area contributed by atoms with Crippen LogP contribution in [0.3, 0.4) is 0 Å². The highest BCUT2D eigenvalue weighted by Gasteiger charge is 2.39. The van der Waals surface area contributed by atoms with Crippen molar-refractivity contribution < 1.29 is 9.53 Å². The maximum atomic E-state index is 12.2. The topological polar surface area (TPSA) is 70.8 Å². The van der Waals surface area contributed by atoms with E-state index in [0.717, 1.165) is 26.2 Å². The summed E-state index contributed by atoms with van der Waals surface area (Å²) in [6, 6.07) is 0. The molecule has 0 aromatic heterocycles. The van der Waals surface area contributed by atoms with E-state index in [1.165, 1.54) is 0 Å². The summed E-state index contributed by atoms with van der Waals surface area (Å²) in [5.74, 6) is -0.0859. The number of piperazine rings is 1. The zero-order valence-electron chi connectivity index (χ0n) is 12.9. The molecule has 1 amide bonds. The predicted octanol–water partition coefficient (Wildman–Crippen LogP) is -0.754. The zero-order valence-corrected chi connectivity index (χ0v) is 12.9. The van der Waals surface area contributed by atoms with Crippen molar-refractivity contribution in [1.82, 2.24) is 15.1 Å². The Hall–Kier alpha value is -0.690. The Morgan fingerprint density at radius 3 is 2.55 bits per heavy atom. The van der Waals surface area contributed by atoms with Gasteiger partial charge in [-0.3, -0.25) is 9.69 Å². The minimum atomic E-state index is -0.835. The molecule has 2 saturated heterocycles. The molecule has 20 heavy (non-hydrogen) atoms. The van der Waals surface area contributed by atoms with Gasteiger partial charge in [-0.2, -0.15) is 0 Å². The van der Waals surface area contributed by atoms with Crippen molar-refractivity contribution in [3.8, 4) is 0 Å². The van der Waals surface area contributed by atoms with Crippen LogP contribution in [0, 0.1) is 0 Å². The van der Waals surface area contributed by atoms with Crippen LogP contribution < -0.4 is 11.1 Å². The molecule has 0 saturated carbocycles. The lowest BCUT2D eigenvalue weighted by Gasteiger charge is -2.43. The van der Waals surface area contributed by atoms with Crippen LogP contribution in [0.1, 0.15) is 20.3 Å². The Kier molecular flexibility index (Phi) is 4.69. The van der Waals surface area contributed by atoms with Gasteiger partial charge in [-0.1, -0.05) is 0 Å². The number of nitrogens with zero attached hydrogens (tertiary/aromatic N) is 2. The van der Waals surface area contributed by atoms with Crippen LogP contribution in [0.4, 0.5) is 0 Å². The van der Waals surface area contributed by atoms with Crippen molar-refractivity contribution in [2.45, 2.75) is 31.3 Å². The van der Waals surface area contributed by atoms with Crippen LogP contribution in [0.5, 0.6) is 0 Å². The first-order chi connectivity index (χ1) is 9.33. The summed E-state index contributed by atoms with van der Waals surface area (Å²) in [7, 11) is 2.14. The molecule has 2 fully saturated rings. The molecule has 6 heteroatoms. The SMILES string of the molecule is CN1CCN(C(C)(C)CNC(=O)C2(N)CCOC2)CC1. The van der Waals surface area contributed by atoms with Crippen molar-refractivity contribution in [2.24, 2.45) is 5.73 Å². The lowest BCUT2D eigenvalue weighted by molar-refractivity contribution is -0.127. The Morgan fingerprint density at radius 2 is 2.00 bits per heavy atom. The van der Waals surface area contributed by atoms with Crippen LogP contribution >= 0.6 is 0 Å². The van der Waals surface area contributed by atoms with E-state index in [0.29, 0.717) is 26.2 Å². The fraction of sp³-hybridized carbons (Fsp3) is 0.929. The van der Waals surface area contributed by atoms with Gasteiger partial charge in [0.25, 0.3) is 0 Å². The number of amides is 1. The minimum Gasteiger partial charge on any atom is -0.379 e. The number of carbonyl (C=O) groups is 1. The quantitative estimate of drug-likeness (QED) is 0.710. The van der Waals surface area contributed by atoms with Crippen LogP contribution in [-0.2, 0) is 9.53 Å². The van der Waals surface area contributed by atoms with Crippen molar-refractivity contribution in [3.63, 3.8) is 0 Å². The monoisotopic (exact) mass is 284 g/mol. The summed E-state index contributed by atoms with van der Waals surface area (Å²) in [4.78, 5) is 17.0. The van der Waals surface area contributed by atoms with Gasteiger partial charge in [-0.25, -0.2) is 0 Å². The van der Waals surface area contributed by atoms with Crippen LogP contribution in [0.2, 0.25) is 0 Å². The molecule has 3 N–H and O–H groups in total. The number of likely N-dealkylation sites (N-methyl/N-ethyl adjacent to an activating group) is 1. The third kappa shape index (κ3) is 3.49. The third-order valence-electron chi connectivity index (χ3n) is 4.55. The number of rotatable bonds is 4. The molecule has 0 radical (unpaired) electrons. The van der Waals surface area contributed by atoms with Crippen molar-refractivity contribution in [2.75, 3.05) is 53.0 Å². The van der Waals surface area contributed by atoms with Gasteiger partial charge in [-0.05, 0) is 27.3 Å². The van der Waals surface area contributed by atoms with Crippen molar-refractivity contribution in [3.05, 3.63) is 0 Å². The second-order valence-corrected chi connectivity index (χ2v) is 6.74. The molecule has 2 heterocycles. The fourth-order valence-corrected chi connectivity index (χ4v) is 2.76. The smallest absolute Gasteiger partial charge is 0.242 e. The molecular formula is C14H28N4O2. The van der Waals surface area contributed by atoms with E-state index in [1.54, 1.807) is 0 Å². The predicted molar refractivity (Wildman–Crippen MR) is 78.5 cm³/mol. The Labute approximate surface area is 121 Å². The molecule has 0 bridgehead atoms. The van der Waals surface area contributed by atoms with E-state index in [4.69, 9.17) is 10.5 Å². The van der Waals surface area contributed by atoms with Crippen molar-refractivity contribution >= 4 is 5.91 Å².